The van der Waals surface area contributed by atoms with Crippen molar-refractivity contribution in [1.29, 1.82) is 0 Å². The zero-order chi connectivity index (χ0) is 34.3. The van der Waals surface area contributed by atoms with Crippen LogP contribution in [0.5, 0.6) is 0 Å². The van der Waals surface area contributed by atoms with Gasteiger partial charge in [-0.3, -0.25) is 0 Å². The minimum Gasteiger partial charge on any atom is -0.312 e. The highest BCUT2D eigenvalue weighted by Crippen LogP contribution is 2.42. The molecule has 8 aromatic rings. The van der Waals surface area contributed by atoms with Gasteiger partial charge in [-0.25, -0.2) is 0 Å². The normalized spacial score (nSPS) is 15.2. The Hall–Kier alpha value is -5.94. The average Bonchev–Trinajstić information content (AvgIpc) is 3.23. The molecule has 4 heteroatoms. The number of rotatable bonds is 5. The molecule has 0 fully saturated rings. The molecular weight excluding hydrogens is 658 g/mol. The average molecular weight is 692 g/mol. The number of para-hydroxylation sites is 3. The van der Waals surface area contributed by atoms with Crippen LogP contribution in [0.4, 0.5) is 17.1 Å². The van der Waals surface area contributed by atoms with Gasteiger partial charge in [0, 0.05) is 17.1 Å². The van der Waals surface area contributed by atoms with Crippen molar-refractivity contribution >= 4 is 97.8 Å². The molecule has 3 aliphatic heterocycles. The summed E-state index contributed by atoms with van der Waals surface area (Å²) >= 11 is 0. The fourth-order valence-electron chi connectivity index (χ4n) is 10.2. The quantitative estimate of drug-likeness (QED) is 0.251. The van der Waals surface area contributed by atoms with Crippen LogP contribution in [0.2, 0.25) is 0 Å². The van der Waals surface area contributed by atoms with Crippen molar-refractivity contribution in [1.82, 2.24) is 0 Å². The van der Waals surface area contributed by atoms with Crippen LogP contribution in [0.3, 0.4) is 0 Å². The van der Waals surface area contributed by atoms with Gasteiger partial charge in [0.25, 0.3) is 0 Å². The SMILES string of the molecule is c1ccc(B2c3cccc4c3N3c5c2cccc5[Si](c2ccccc2)(c2ccccc2)c2cccc(c23)[Si]4(c2ccccc2)c2ccccc2)cc1. The lowest BCUT2D eigenvalue weighted by Gasteiger charge is -2.55. The third-order valence-electron chi connectivity index (χ3n) is 12.0. The molecule has 0 aromatic heterocycles. The summed E-state index contributed by atoms with van der Waals surface area (Å²) in [7, 11) is -5.74. The zero-order valence-electron chi connectivity index (χ0n) is 28.7. The largest absolute Gasteiger partial charge is 0.312 e. The van der Waals surface area contributed by atoms with Gasteiger partial charge in [-0.2, -0.15) is 0 Å². The van der Waals surface area contributed by atoms with Gasteiger partial charge in [0.1, 0.15) is 0 Å². The molecule has 3 heterocycles. The first kappa shape index (κ1) is 29.8. The highest BCUT2D eigenvalue weighted by molar-refractivity contribution is 7.25. The summed E-state index contributed by atoms with van der Waals surface area (Å²) in [6.45, 7) is 0.102. The minimum atomic E-state index is -2.87. The third-order valence-corrected chi connectivity index (χ3v) is 21.7. The van der Waals surface area contributed by atoms with Crippen molar-refractivity contribution in [2.75, 3.05) is 4.90 Å². The van der Waals surface area contributed by atoms with E-state index in [1.54, 1.807) is 0 Å². The van der Waals surface area contributed by atoms with Gasteiger partial charge in [-0.15, -0.1) is 0 Å². The number of nitrogens with zero attached hydrogens (tertiary/aromatic N) is 1. The Balaban J connectivity index is 1.41. The van der Waals surface area contributed by atoms with Crippen molar-refractivity contribution in [2.24, 2.45) is 0 Å². The molecule has 0 amide bonds. The van der Waals surface area contributed by atoms with E-state index in [0.717, 1.165) is 0 Å². The maximum Gasteiger partial charge on any atom is 0.246 e. The summed E-state index contributed by atoms with van der Waals surface area (Å²) in [5.74, 6) is 0. The zero-order valence-corrected chi connectivity index (χ0v) is 30.7. The molecule has 0 unspecified atom stereocenters. The van der Waals surface area contributed by atoms with Crippen LogP contribution >= 0.6 is 0 Å². The third kappa shape index (κ3) is 3.73. The maximum absolute atomic E-state index is 2.87. The summed E-state index contributed by atoms with van der Waals surface area (Å²) in [6.07, 6.45) is 0. The lowest BCUT2D eigenvalue weighted by Crippen LogP contribution is -2.84. The van der Waals surface area contributed by atoms with Crippen molar-refractivity contribution in [3.8, 4) is 0 Å². The molecule has 0 spiro atoms. The van der Waals surface area contributed by atoms with Crippen LogP contribution in [0.1, 0.15) is 0 Å². The highest BCUT2D eigenvalue weighted by Gasteiger charge is 2.58. The maximum atomic E-state index is 2.74. The first-order valence-corrected chi connectivity index (χ1v) is 22.3. The van der Waals surface area contributed by atoms with Crippen LogP contribution < -0.4 is 62.8 Å². The van der Waals surface area contributed by atoms with Gasteiger partial charge in [0.15, 0.2) is 16.1 Å². The molecule has 0 aliphatic carbocycles. The van der Waals surface area contributed by atoms with Crippen molar-refractivity contribution in [3.63, 3.8) is 0 Å². The standard InChI is InChI=1S/C48H34BNSi2/c1-6-19-35(20-7-1)49-40-29-16-31-42-46(40)50-47-41(49)30-17-32-43(47)52(38-25-12-4-13-26-38,39-27-14-5-15-28-39)45-34-18-33-44(48(45)50)51(42,36-21-8-2-9-22-36)37-23-10-3-11-24-37/h1-34H. The smallest absolute Gasteiger partial charge is 0.246 e. The topological polar surface area (TPSA) is 3.24 Å². The fourth-order valence-corrected chi connectivity index (χ4v) is 20.7. The predicted molar refractivity (Wildman–Crippen MR) is 227 cm³/mol. The molecular formula is C48H34BNSi2. The molecule has 0 radical (unpaired) electrons. The van der Waals surface area contributed by atoms with Gasteiger partial charge in [-0.1, -0.05) is 212 Å². The van der Waals surface area contributed by atoms with Crippen molar-refractivity contribution in [2.45, 2.75) is 0 Å². The highest BCUT2D eigenvalue weighted by atomic mass is 28.3. The molecule has 0 saturated heterocycles. The lowest BCUT2D eigenvalue weighted by molar-refractivity contribution is 1.30. The van der Waals surface area contributed by atoms with Gasteiger partial charge in [0.2, 0.25) is 6.71 Å². The summed E-state index contributed by atoms with van der Waals surface area (Å²) in [5, 5.41) is 11.6. The van der Waals surface area contributed by atoms with E-state index >= 15 is 0 Å². The predicted octanol–water partition coefficient (Wildman–Crippen LogP) is 3.37. The lowest BCUT2D eigenvalue weighted by atomic mass is 9.35. The molecule has 242 valence electrons. The van der Waals surface area contributed by atoms with Gasteiger partial charge in [-0.05, 0) is 52.4 Å². The van der Waals surface area contributed by atoms with Crippen LogP contribution in [0, 0.1) is 0 Å². The fraction of sp³-hybridized carbons (Fsp3) is 0. The van der Waals surface area contributed by atoms with E-state index in [0.29, 0.717) is 0 Å². The van der Waals surface area contributed by atoms with E-state index in [1.165, 1.54) is 74.9 Å². The minimum absolute atomic E-state index is 0.102. The summed E-state index contributed by atoms with van der Waals surface area (Å²) in [4.78, 5) is 2.74. The summed E-state index contributed by atoms with van der Waals surface area (Å²) < 4.78 is 0. The number of anilines is 3. The van der Waals surface area contributed by atoms with Gasteiger partial charge < -0.3 is 4.90 Å². The van der Waals surface area contributed by atoms with Crippen LogP contribution in [-0.4, -0.2) is 22.9 Å². The Bertz CT molecular complexity index is 2390. The molecule has 0 atom stereocenters. The van der Waals surface area contributed by atoms with E-state index < -0.39 is 16.1 Å². The van der Waals surface area contributed by atoms with E-state index in [-0.39, 0.29) is 6.71 Å². The Morgan fingerprint density at radius 2 is 0.596 bits per heavy atom. The van der Waals surface area contributed by atoms with Gasteiger partial charge >= 0.3 is 0 Å². The van der Waals surface area contributed by atoms with E-state index in [1.807, 2.05) is 0 Å². The first-order chi connectivity index (χ1) is 25.8. The van der Waals surface area contributed by atoms with Crippen LogP contribution in [-0.2, 0) is 0 Å². The second-order valence-electron chi connectivity index (χ2n) is 14.3. The Kier molecular flexibility index (Phi) is 6.45. The molecule has 8 aromatic carbocycles. The number of hydrogen-bond donors (Lipinski definition) is 0. The molecule has 3 aliphatic rings. The molecule has 0 saturated carbocycles. The van der Waals surface area contributed by atoms with Crippen LogP contribution in [0.25, 0.3) is 0 Å². The second kappa shape index (κ2) is 11.3. The van der Waals surface area contributed by atoms with Crippen molar-refractivity contribution in [3.05, 3.63) is 206 Å². The van der Waals surface area contributed by atoms with Gasteiger partial charge in [0.05, 0.1) is 0 Å². The summed E-state index contributed by atoms with van der Waals surface area (Å²) in [6, 6.07) is 79.0. The first-order valence-electron chi connectivity index (χ1n) is 18.3. The van der Waals surface area contributed by atoms with Crippen LogP contribution in [0.15, 0.2) is 206 Å². The molecule has 52 heavy (non-hydrogen) atoms. The summed E-state index contributed by atoms with van der Waals surface area (Å²) in [5.41, 5.74) is 8.32. The monoisotopic (exact) mass is 691 g/mol. The number of benzene rings is 8. The Labute approximate surface area is 307 Å². The number of hydrogen-bond acceptors (Lipinski definition) is 1. The molecule has 0 N–H and O–H groups in total. The molecule has 0 bridgehead atoms. The second-order valence-corrected chi connectivity index (χ2v) is 21.8. The van der Waals surface area contributed by atoms with E-state index in [9.17, 15) is 0 Å². The Morgan fingerprint density at radius 3 is 0.962 bits per heavy atom. The van der Waals surface area contributed by atoms with E-state index in [4.69, 9.17) is 0 Å². The molecule has 11 rings (SSSR count). The van der Waals surface area contributed by atoms with Crippen molar-refractivity contribution < 1.29 is 0 Å². The van der Waals surface area contributed by atoms with E-state index in [2.05, 4.69) is 211 Å². The Morgan fingerprint density at radius 1 is 0.288 bits per heavy atom. The molecule has 1 nitrogen and oxygen atoms in total.